The van der Waals surface area contributed by atoms with Crippen LogP contribution in [-0.4, -0.2) is 12.5 Å². The lowest BCUT2D eigenvalue weighted by Gasteiger charge is -2.06. The molecule has 0 radical (unpaired) electrons. The highest BCUT2D eigenvalue weighted by Crippen LogP contribution is 2.28. The minimum absolute atomic E-state index is 0.0249. The number of hydrogen-bond acceptors (Lipinski definition) is 1. The number of halogens is 3. The van der Waals surface area contributed by atoms with Gasteiger partial charge >= 0.3 is 0 Å². The van der Waals surface area contributed by atoms with Crippen molar-refractivity contribution in [1.29, 1.82) is 0 Å². The fourth-order valence-electron chi connectivity index (χ4n) is 1.35. The molecule has 1 N–H and O–H groups in total. The molecule has 0 bridgehead atoms. The van der Waals surface area contributed by atoms with E-state index in [2.05, 4.69) is 21.2 Å². The van der Waals surface area contributed by atoms with Crippen LogP contribution in [-0.2, 0) is 0 Å². The zero-order valence-electron chi connectivity index (χ0n) is 8.40. The average Bonchev–Trinajstić information content (AvgIpc) is 3.03. The van der Waals surface area contributed by atoms with Gasteiger partial charge < -0.3 is 5.32 Å². The monoisotopic (exact) mass is 305 g/mol. The van der Waals surface area contributed by atoms with E-state index in [0.29, 0.717) is 16.9 Å². The summed E-state index contributed by atoms with van der Waals surface area (Å²) in [7, 11) is 0. The van der Waals surface area contributed by atoms with Crippen LogP contribution in [0.5, 0.6) is 0 Å². The van der Waals surface area contributed by atoms with Gasteiger partial charge in [0.05, 0.1) is 10.6 Å². The summed E-state index contributed by atoms with van der Waals surface area (Å²) in [5.74, 6) is -0.411. The highest BCUT2D eigenvalue weighted by atomic mass is 79.9. The maximum atomic E-state index is 13.5. The summed E-state index contributed by atoms with van der Waals surface area (Å²) in [6.45, 7) is 0.624. The predicted octanol–water partition coefficient (Wildman–Crippen LogP) is 3.38. The fraction of sp³-hybridized carbons (Fsp3) is 0.364. The molecule has 0 aliphatic heterocycles. The molecular weight excluding hydrogens is 296 g/mol. The van der Waals surface area contributed by atoms with Crippen LogP contribution in [0.25, 0.3) is 0 Å². The summed E-state index contributed by atoms with van der Waals surface area (Å²) in [6, 6.07) is 2.54. The van der Waals surface area contributed by atoms with Gasteiger partial charge in [-0.25, -0.2) is 4.39 Å². The Kier molecular flexibility index (Phi) is 3.50. The van der Waals surface area contributed by atoms with Gasteiger partial charge in [0, 0.05) is 11.0 Å². The van der Waals surface area contributed by atoms with Crippen molar-refractivity contribution in [2.45, 2.75) is 12.8 Å². The molecule has 1 aromatic carbocycles. The first-order chi connectivity index (χ1) is 7.58. The summed E-state index contributed by atoms with van der Waals surface area (Å²) in [5, 5.41) is 2.97. The van der Waals surface area contributed by atoms with Gasteiger partial charge in [0.1, 0.15) is 5.82 Å². The summed E-state index contributed by atoms with van der Waals surface area (Å²) in [4.78, 5) is 11.6. The third kappa shape index (κ3) is 2.74. The second-order valence-electron chi connectivity index (χ2n) is 3.90. The Labute approximate surface area is 106 Å². The number of rotatable bonds is 3. The molecule has 0 spiro atoms. The van der Waals surface area contributed by atoms with Crippen LogP contribution in [0.2, 0.25) is 5.02 Å². The van der Waals surface area contributed by atoms with Crippen LogP contribution >= 0.6 is 27.5 Å². The summed E-state index contributed by atoms with van der Waals surface area (Å²) in [5.41, 5.74) is 0.0249. The first-order valence-corrected chi connectivity index (χ1v) is 6.18. The van der Waals surface area contributed by atoms with Crippen LogP contribution in [0.3, 0.4) is 0 Å². The number of hydrogen-bond donors (Lipinski definition) is 1. The molecule has 16 heavy (non-hydrogen) atoms. The molecule has 5 heteroatoms. The number of carbonyl (C=O) groups is 1. The highest BCUT2D eigenvalue weighted by Gasteiger charge is 2.22. The van der Waals surface area contributed by atoms with Gasteiger partial charge in [-0.1, -0.05) is 11.6 Å². The van der Waals surface area contributed by atoms with Crippen LogP contribution in [0.1, 0.15) is 23.2 Å². The highest BCUT2D eigenvalue weighted by molar-refractivity contribution is 9.10. The van der Waals surface area contributed by atoms with Gasteiger partial charge in [0.15, 0.2) is 0 Å². The molecule has 1 aromatic rings. The van der Waals surface area contributed by atoms with Crippen molar-refractivity contribution >= 4 is 33.4 Å². The molecular formula is C11H10BrClFNO. The van der Waals surface area contributed by atoms with Crippen molar-refractivity contribution in [2.75, 3.05) is 6.54 Å². The molecule has 1 aliphatic rings. The van der Waals surface area contributed by atoms with Gasteiger partial charge in [0.2, 0.25) is 0 Å². The van der Waals surface area contributed by atoms with E-state index in [-0.39, 0.29) is 16.5 Å². The van der Waals surface area contributed by atoms with Crippen LogP contribution in [0, 0.1) is 11.7 Å². The Hall–Kier alpha value is -0.610. The topological polar surface area (TPSA) is 29.1 Å². The van der Waals surface area contributed by atoms with E-state index in [1.165, 1.54) is 6.07 Å². The number of nitrogens with one attached hydrogen (secondary N) is 1. The smallest absolute Gasteiger partial charge is 0.254 e. The van der Waals surface area contributed by atoms with E-state index >= 15 is 0 Å². The Balaban J connectivity index is 2.11. The SMILES string of the molecule is O=C(NCC1CC1)c1cc(Br)c(Cl)cc1F. The van der Waals surface area contributed by atoms with Crippen molar-refractivity contribution in [3.63, 3.8) is 0 Å². The van der Waals surface area contributed by atoms with Crippen molar-refractivity contribution in [3.8, 4) is 0 Å². The normalized spacial score (nSPS) is 14.9. The molecule has 1 saturated carbocycles. The standard InChI is InChI=1S/C11H10BrClFNO/c12-8-3-7(10(14)4-9(8)13)11(16)15-5-6-1-2-6/h3-4,6H,1-2,5H2,(H,15,16). The molecule has 2 nitrogen and oxygen atoms in total. The van der Waals surface area contributed by atoms with Crippen molar-refractivity contribution in [2.24, 2.45) is 5.92 Å². The van der Waals surface area contributed by atoms with Gasteiger partial charge in [-0.15, -0.1) is 0 Å². The minimum Gasteiger partial charge on any atom is -0.352 e. The van der Waals surface area contributed by atoms with Gasteiger partial charge in [-0.2, -0.15) is 0 Å². The van der Waals surface area contributed by atoms with E-state index in [0.717, 1.165) is 18.9 Å². The summed E-state index contributed by atoms with van der Waals surface area (Å²) in [6.07, 6.45) is 2.29. The molecule has 2 rings (SSSR count). The van der Waals surface area contributed by atoms with E-state index in [1.807, 2.05) is 0 Å². The Morgan fingerprint density at radius 3 is 2.88 bits per heavy atom. The first-order valence-electron chi connectivity index (χ1n) is 5.00. The van der Waals surface area contributed by atoms with E-state index in [9.17, 15) is 9.18 Å². The first kappa shape index (κ1) is 11.9. The molecule has 86 valence electrons. The number of benzene rings is 1. The maximum absolute atomic E-state index is 13.5. The molecule has 0 heterocycles. The fourth-order valence-corrected chi connectivity index (χ4v) is 1.84. The van der Waals surface area contributed by atoms with E-state index in [1.54, 1.807) is 0 Å². The lowest BCUT2D eigenvalue weighted by molar-refractivity contribution is 0.0947. The van der Waals surface area contributed by atoms with Gasteiger partial charge in [-0.3, -0.25) is 4.79 Å². The van der Waals surface area contributed by atoms with E-state index < -0.39 is 5.82 Å². The minimum atomic E-state index is -0.596. The third-order valence-electron chi connectivity index (χ3n) is 2.50. The van der Waals surface area contributed by atoms with Crippen LogP contribution in [0.4, 0.5) is 4.39 Å². The van der Waals surface area contributed by atoms with Crippen molar-refractivity contribution in [1.82, 2.24) is 5.32 Å². The average molecular weight is 307 g/mol. The number of amides is 1. The summed E-state index contributed by atoms with van der Waals surface area (Å²) < 4.78 is 14.0. The van der Waals surface area contributed by atoms with Gasteiger partial charge in [0.25, 0.3) is 5.91 Å². The predicted molar refractivity (Wildman–Crippen MR) is 64.2 cm³/mol. The van der Waals surface area contributed by atoms with Crippen LogP contribution < -0.4 is 5.32 Å². The zero-order valence-corrected chi connectivity index (χ0v) is 10.7. The quantitative estimate of drug-likeness (QED) is 0.852. The largest absolute Gasteiger partial charge is 0.352 e. The molecule has 0 saturated heterocycles. The van der Waals surface area contributed by atoms with Crippen molar-refractivity contribution < 1.29 is 9.18 Å². The van der Waals surface area contributed by atoms with Gasteiger partial charge in [-0.05, 0) is 46.8 Å². The van der Waals surface area contributed by atoms with E-state index in [4.69, 9.17) is 11.6 Å². The Morgan fingerprint density at radius 2 is 2.25 bits per heavy atom. The molecule has 0 aromatic heterocycles. The second kappa shape index (κ2) is 4.72. The van der Waals surface area contributed by atoms with Crippen molar-refractivity contribution in [3.05, 3.63) is 33.0 Å². The third-order valence-corrected chi connectivity index (χ3v) is 3.70. The maximum Gasteiger partial charge on any atom is 0.254 e. The lowest BCUT2D eigenvalue weighted by Crippen LogP contribution is -2.26. The molecule has 1 fully saturated rings. The number of carbonyl (C=O) groups excluding carboxylic acids is 1. The second-order valence-corrected chi connectivity index (χ2v) is 5.16. The zero-order chi connectivity index (χ0) is 11.7. The Morgan fingerprint density at radius 1 is 1.56 bits per heavy atom. The molecule has 1 aliphatic carbocycles. The molecule has 0 atom stereocenters. The molecule has 0 unspecified atom stereocenters. The lowest BCUT2D eigenvalue weighted by atomic mass is 10.2. The Bertz CT molecular complexity index is 434. The van der Waals surface area contributed by atoms with Crippen LogP contribution in [0.15, 0.2) is 16.6 Å². The molecule has 1 amide bonds. The summed E-state index contributed by atoms with van der Waals surface area (Å²) >= 11 is 8.87.